The number of rotatable bonds is 2. The van der Waals surface area contributed by atoms with Crippen molar-refractivity contribution in [2.75, 3.05) is 19.5 Å². The van der Waals surface area contributed by atoms with Crippen molar-refractivity contribution in [1.29, 1.82) is 0 Å². The highest BCUT2D eigenvalue weighted by atomic mass is 79.9. The molecule has 0 heterocycles. The van der Waals surface area contributed by atoms with Crippen LogP contribution in [0.15, 0.2) is 16.6 Å². The fraction of sp³-hybridized carbons (Fsp3) is 0.333. The third-order valence-electron chi connectivity index (χ3n) is 1.75. The minimum Gasteiger partial charge on any atom is -0.497 e. The second-order valence-corrected chi connectivity index (χ2v) is 3.41. The van der Waals surface area contributed by atoms with E-state index in [2.05, 4.69) is 21.2 Å². The van der Waals surface area contributed by atoms with E-state index in [1.54, 1.807) is 7.11 Å². The predicted octanol–water partition coefficient (Wildman–Crippen LogP) is 2.81. The fourth-order valence-corrected chi connectivity index (χ4v) is 1.88. The Labute approximate surface area is 81.1 Å². The van der Waals surface area contributed by atoms with Crippen molar-refractivity contribution in [2.45, 2.75) is 6.92 Å². The summed E-state index contributed by atoms with van der Waals surface area (Å²) in [4.78, 5) is 0. The van der Waals surface area contributed by atoms with Crippen LogP contribution in [0.4, 0.5) is 5.69 Å². The van der Waals surface area contributed by atoms with Crippen LogP contribution in [0.3, 0.4) is 0 Å². The van der Waals surface area contributed by atoms with Gasteiger partial charge in [-0.15, -0.1) is 0 Å². The van der Waals surface area contributed by atoms with Crippen LogP contribution in [0.2, 0.25) is 0 Å². The van der Waals surface area contributed by atoms with E-state index in [9.17, 15) is 0 Å². The molecule has 0 radical (unpaired) electrons. The van der Waals surface area contributed by atoms with Gasteiger partial charge in [0.2, 0.25) is 0 Å². The zero-order valence-electron chi connectivity index (χ0n) is 7.44. The largest absolute Gasteiger partial charge is 0.497 e. The number of nitrogens with one attached hydrogen (secondary N) is 1. The summed E-state index contributed by atoms with van der Waals surface area (Å²) in [5.41, 5.74) is 2.28. The Bertz CT molecular complexity index is 263. The summed E-state index contributed by atoms with van der Waals surface area (Å²) in [7, 11) is 3.57. The summed E-state index contributed by atoms with van der Waals surface area (Å²) in [5, 5.41) is 3.11. The molecule has 0 aromatic heterocycles. The molecule has 1 N–H and O–H groups in total. The first kappa shape index (κ1) is 9.39. The normalized spacial score (nSPS) is 9.67. The van der Waals surface area contributed by atoms with Gasteiger partial charge in [-0.3, -0.25) is 0 Å². The standard InChI is InChI=1S/C9H12BrNO/c1-6-4-7(12-3)5-8(10)9(6)11-2/h4-5,11H,1-3H3. The third kappa shape index (κ3) is 1.72. The van der Waals surface area contributed by atoms with Crippen molar-refractivity contribution >= 4 is 21.6 Å². The van der Waals surface area contributed by atoms with Gasteiger partial charge in [0.1, 0.15) is 5.75 Å². The molecule has 1 rings (SSSR count). The Morgan fingerprint density at radius 2 is 2.08 bits per heavy atom. The summed E-state index contributed by atoms with van der Waals surface area (Å²) in [5.74, 6) is 0.873. The van der Waals surface area contributed by atoms with Gasteiger partial charge >= 0.3 is 0 Å². The maximum atomic E-state index is 5.12. The Balaban J connectivity index is 3.18. The van der Waals surface area contributed by atoms with Crippen LogP contribution in [0.1, 0.15) is 5.56 Å². The topological polar surface area (TPSA) is 21.3 Å². The van der Waals surface area contributed by atoms with Gasteiger partial charge in [0.05, 0.1) is 12.8 Å². The molecule has 0 aliphatic heterocycles. The lowest BCUT2D eigenvalue weighted by molar-refractivity contribution is 0.414. The number of hydrogen-bond donors (Lipinski definition) is 1. The van der Waals surface area contributed by atoms with Crippen LogP contribution in [-0.2, 0) is 0 Å². The first-order valence-corrected chi connectivity index (χ1v) is 4.50. The molecule has 0 saturated carbocycles. The van der Waals surface area contributed by atoms with Crippen molar-refractivity contribution in [3.63, 3.8) is 0 Å². The molecule has 0 spiro atoms. The number of halogens is 1. The Kier molecular flexibility index (Phi) is 2.98. The second-order valence-electron chi connectivity index (χ2n) is 2.55. The predicted molar refractivity (Wildman–Crippen MR) is 55.0 cm³/mol. The molecule has 0 fully saturated rings. The first-order valence-electron chi connectivity index (χ1n) is 3.71. The summed E-state index contributed by atoms with van der Waals surface area (Å²) in [6.45, 7) is 2.04. The van der Waals surface area contributed by atoms with E-state index in [1.165, 1.54) is 5.56 Å². The average molecular weight is 230 g/mol. The van der Waals surface area contributed by atoms with E-state index in [0.29, 0.717) is 0 Å². The number of ether oxygens (including phenoxy) is 1. The van der Waals surface area contributed by atoms with E-state index in [4.69, 9.17) is 4.74 Å². The third-order valence-corrected chi connectivity index (χ3v) is 2.37. The van der Waals surface area contributed by atoms with Crippen LogP contribution in [0.5, 0.6) is 5.75 Å². The van der Waals surface area contributed by atoms with Crippen molar-refractivity contribution in [3.05, 3.63) is 22.2 Å². The maximum absolute atomic E-state index is 5.12. The minimum absolute atomic E-state index is 0.873. The molecular weight excluding hydrogens is 218 g/mol. The Morgan fingerprint density at radius 1 is 1.42 bits per heavy atom. The molecule has 1 aromatic carbocycles. The van der Waals surface area contributed by atoms with Gasteiger partial charge in [0.25, 0.3) is 0 Å². The maximum Gasteiger partial charge on any atom is 0.120 e. The molecular formula is C9H12BrNO. The van der Waals surface area contributed by atoms with E-state index in [0.717, 1.165) is 15.9 Å². The number of anilines is 1. The van der Waals surface area contributed by atoms with Crippen molar-refractivity contribution in [2.24, 2.45) is 0 Å². The molecule has 1 aromatic rings. The lowest BCUT2D eigenvalue weighted by atomic mass is 10.2. The number of methoxy groups -OCH3 is 1. The molecule has 0 aliphatic carbocycles. The van der Waals surface area contributed by atoms with Gasteiger partial charge in [-0.25, -0.2) is 0 Å². The minimum atomic E-state index is 0.873. The van der Waals surface area contributed by atoms with Crippen molar-refractivity contribution in [3.8, 4) is 5.75 Å². The zero-order chi connectivity index (χ0) is 9.14. The highest BCUT2D eigenvalue weighted by molar-refractivity contribution is 9.10. The molecule has 12 heavy (non-hydrogen) atoms. The van der Waals surface area contributed by atoms with E-state index >= 15 is 0 Å². The van der Waals surface area contributed by atoms with Gasteiger partial charge < -0.3 is 10.1 Å². The van der Waals surface area contributed by atoms with Crippen LogP contribution in [-0.4, -0.2) is 14.2 Å². The smallest absolute Gasteiger partial charge is 0.120 e. The highest BCUT2D eigenvalue weighted by Crippen LogP contribution is 2.30. The number of aryl methyl sites for hydroxylation is 1. The number of hydrogen-bond acceptors (Lipinski definition) is 2. The number of benzene rings is 1. The van der Waals surface area contributed by atoms with E-state index < -0.39 is 0 Å². The molecule has 0 saturated heterocycles. The second kappa shape index (κ2) is 3.81. The van der Waals surface area contributed by atoms with Crippen molar-refractivity contribution < 1.29 is 4.74 Å². The Hall–Kier alpha value is -0.700. The quantitative estimate of drug-likeness (QED) is 0.843. The van der Waals surface area contributed by atoms with Gasteiger partial charge in [0, 0.05) is 11.5 Å². The van der Waals surface area contributed by atoms with Crippen molar-refractivity contribution in [1.82, 2.24) is 0 Å². The molecule has 0 unspecified atom stereocenters. The summed E-state index contributed by atoms with van der Waals surface area (Å²) in [6, 6.07) is 3.94. The van der Waals surface area contributed by atoms with Crippen LogP contribution in [0, 0.1) is 6.92 Å². The first-order chi connectivity index (χ1) is 5.69. The van der Waals surface area contributed by atoms with Crippen LogP contribution < -0.4 is 10.1 Å². The Morgan fingerprint density at radius 3 is 2.50 bits per heavy atom. The zero-order valence-corrected chi connectivity index (χ0v) is 9.03. The lowest BCUT2D eigenvalue weighted by Crippen LogP contribution is -1.94. The molecule has 0 amide bonds. The van der Waals surface area contributed by atoms with E-state index in [-0.39, 0.29) is 0 Å². The average Bonchev–Trinajstić information content (AvgIpc) is 2.03. The molecule has 3 heteroatoms. The van der Waals surface area contributed by atoms with Gasteiger partial charge in [-0.2, -0.15) is 0 Å². The monoisotopic (exact) mass is 229 g/mol. The molecule has 2 nitrogen and oxygen atoms in total. The van der Waals surface area contributed by atoms with Gasteiger partial charge in [-0.05, 0) is 40.5 Å². The van der Waals surface area contributed by atoms with Gasteiger partial charge in [-0.1, -0.05) is 0 Å². The van der Waals surface area contributed by atoms with Gasteiger partial charge in [0.15, 0.2) is 0 Å². The SMILES string of the molecule is CNc1c(C)cc(OC)cc1Br. The molecule has 0 bridgehead atoms. The van der Waals surface area contributed by atoms with Crippen LogP contribution in [0.25, 0.3) is 0 Å². The summed E-state index contributed by atoms with van der Waals surface area (Å²) >= 11 is 3.46. The molecule has 0 atom stereocenters. The van der Waals surface area contributed by atoms with E-state index in [1.807, 2.05) is 26.1 Å². The molecule has 66 valence electrons. The summed E-state index contributed by atoms with van der Waals surface area (Å²) < 4.78 is 6.15. The fourth-order valence-electron chi connectivity index (χ4n) is 1.15. The van der Waals surface area contributed by atoms with Crippen LogP contribution >= 0.6 is 15.9 Å². The molecule has 0 aliphatic rings. The lowest BCUT2D eigenvalue weighted by Gasteiger charge is -2.09. The summed E-state index contributed by atoms with van der Waals surface area (Å²) in [6.07, 6.45) is 0. The highest BCUT2D eigenvalue weighted by Gasteiger charge is 2.03.